The molecular weight excluding hydrogens is 500 g/mol. The van der Waals surface area contributed by atoms with Crippen molar-refractivity contribution >= 4 is 5.69 Å². The number of halogens is 2. The zero-order chi connectivity index (χ0) is 27.2. The monoisotopic (exact) mass is 531 g/mol. The van der Waals surface area contributed by atoms with Gasteiger partial charge in [0.1, 0.15) is 17.7 Å². The molecule has 0 saturated carbocycles. The summed E-state index contributed by atoms with van der Waals surface area (Å²) in [6.45, 7) is 3.15. The Morgan fingerprint density at radius 1 is 0.675 bits per heavy atom. The number of piperazine rings is 1. The molecule has 4 aromatic carbocycles. The van der Waals surface area contributed by atoms with E-state index in [0.29, 0.717) is 0 Å². The standard InChI is InChI=1S/C35H31F2N3/c36-26-13-8-24(9-14-26)34(25-10-15-27(37)16-11-25)39-18-20-40(21-19-39)35-31-17-12-23-4-1-2-5-28(23)33(31)30-7-3-6-29(30)32(35)22-38/h1-2,4-5,8-11,13-16,34H,3,6-7,12,17-21H2. The number of fused-ring (bicyclic) bond motifs is 5. The van der Waals surface area contributed by atoms with Crippen LogP contribution in [0.3, 0.4) is 0 Å². The van der Waals surface area contributed by atoms with Gasteiger partial charge in [0, 0.05) is 26.2 Å². The molecule has 5 heteroatoms. The normalized spacial score (nSPS) is 16.4. The van der Waals surface area contributed by atoms with E-state index in [4.69, 9.17) is 0 Å². The van der Waals surface area contributed by atoms with Gasteiger partial charge in [-0.25, -0.2) is 8.78 Å². The lowest BCUT2D eigenvalue weighted by atomic mass is 9.79. The number of hydrogen-bond acceptors (Lipinski definition) is 3. The molecule has 200 valence electrons. The van der Waals surface area contributed by atoms with Crippen molar-refractivity contribution < 1.29 is 8.78 Å². The van der Waals surface area contributed by atoms with E-state index in [1.54, 1.807) is 0 Å². The SMILES string of the molecule is N#Cc1c2c(c3c(c1N1CCN(C(c4ccc(F)cc4)c4ccc(F)cc4)CC1)CCc1ccccc1-3)CCC2. The lowest BCUT2D eigenvalue weighted by molar-refractivity contribution is 0.212. The Kier molecular flexibility index (Phi) is 6.37. The number of aryl methyl sites for hydroxylation is 1. The second-order valence-corrected chi connectivity index (χ2v) is 11.2. The predicted octanol–water partition coefficient (Wildman–Crippen LogP) is 7.00. The molecule has 0 atom stereocenters. The van der Waals surface area contributed by atoms with E-state index in [1.165, 1.54) is 57.6 Å². The van der Waals surface area contributed by atoms with Crippen molar-refractivity contribution in [1.82, 2.24) is 4.90 Å². The molecule has 1 heterocycles. The summed E-state index contributed by atoms with van der Waals surface area (Å²) in [4.78, 5) is 4.84. The fraction of sp³-hybridized carbons (Fsp3) is 0.286. The molecule has 0 unspecified atom stereocenters. The van der Waals surface area contributed by atoms with Gasteiger partial charge in [-0.3, -0.25) is 4.90 Å². The van der Waals surface area contributed by atoms with Crippen molar-refractivity contribution in [2.75, 3.05) is 31.1 Å². The first-order valence-electron chi connectivity index (χ1n) is 14.3. The van der Waals surface area contributed by atoms with E-state index in [2.05, 4.69) is 40.1 Å². The predicted molar refractivity (Wildman–Crippen MR) is 154 cm³/mol. The maximum Gasteiger partial charge on any atom is 0.123 e. The summed E-state index contributed by atoms with van der Waals surface area (Å²) in [7, 11) is 0. The van der Waals surface area contributed by atoms with Gasteiger partial charge in [0.15, 0.2) is 0 Å². The highest BCUT2D eigenvalue weighted by Crippen LogP contribution is 2.47. The highest BCUT2D eigenvalue weighted by Gasteiger charge is 2.34. The van der Waals surface area contributed by atoms with Gasteiger partial charge >= 0.3 is 0 Å². The van der Waals surface area contributed by atoms with E-state index >= 15 is 0 Å². The van der Waals surface area contributed by atoms with Crippen LogP contribution < -0.4 is 4.90 Å². The Bertz CT molecular complexity index is 1570. The quantitative estimate of drug-likeness (QED) is 0.284. The first-order valence-corrected chi connectivity index (χ1v) is 14.3. The van der Waals surface area contributed by atoms with Crippen LogP contribution in [0.1, 0.15) is 51.4 Å². The summed E-state index contributed by atoms with van der Waals surface area (Å²) in [6.07, 6.45) is 5.07. The van der Waals surface area contributed by atoms with Crippen LogP contribution >= 0.6 is 0 Å². The van der Waals surface area contributed by atoms with Crippen LogP contribution in [-0.2, 0) is 25.7 Å². The van der Waals surface area contributed by atoms with E-state index < -0.39 is 0 Å². The summed E-state index contributed by atoms with van der Waals surface area (Å²) in [5.41, 5.74) is 12.2. The number of rotatable bonds is 4. The fourth-order valence-corrected chi connectivity index (χ4v) is 7.28. The Hall–Kier alpha value is -4.01. The maximum absolute atomic E-state index is 13.8. The van der Waals surface area contributed by atoms with Crippen LogP contribution in [0.5, 0.6) is 0 Å². The molecule has 1 aliphatic heterocycles. The molecule has 2 aliphatic carbocycles. The third-order valence-corrected chi connectivity index (χ3v) is 9.06. The third kappa shape index (κ3) is 4.19. The fourth-order valence-electron chi connectivity index (χ4n) is 7.28. The van der Waals surface area contributed by atoms with Crippen LogP contribution in [0.2, 0.25) is 0 Å². The van der Waals surface area contributed by atoms with Gasteiger partial charge in [-0.2, -0.15) is 5.26 Å². The molecule has 0 amide bonds. The van der Waals surface area contributed by atoms with E-state index in [9.17, 15) is 14.0 Å². The number of benzene rings is 4. The molecule has 0 radical (unpaired) electrons. The molecular formula is C35H31F2N3. The summed E-state index contributed by atoms with van der Waals surface area (Å²) in [6, 6.07) is 24.6. The first-order chi connectivity index (χ1) is 19.6. The second-order valence-electron chi connectivity index (χ2n) is 11.2. The van der Waals surface area contributed by atoms with Crippen LogP contribution in [-0.4, -0.2) is 31.1 Å². The average Bonchev–Trinajstić information content (AvgIpc) is 3.48. The van der Waals surface area contributed by atoms with Gasteiger partial charge in [-0.15, -0.1) is 0 Å². The largest absolute Gasteiger partial charge is 0.368 e. The molecule has 0 bridgehead atoms. The summed E-state index contributed by atoms with van der Waals surface area (Å²) in [5.74, 6) is -0.531. The Balaban J connectivity index is 1.25. The van der Waals surface area contributed by atoms with Gasteiger partial charge in [-0.05, 0) is 101 Å². The minimum absolute atomic E-state index is 0.0976. The van der Waals surface area contributed by atoms with Gasteiger partial charge in [-0.1, -0.05) is 48.5 Å². The molecule has 0 spiro atoms. The van der Waals surface area contributed by atoms with Gasteiger partial charge < -0.3 is 4.90 Å². The van der Waals surface area contributed by atoms with E-state index in [-0.39, 0.29) is 17.7 Å². The average molecular weight is 532 g/mol. The number of anilines is 1. The molecule has 4 aromatic rings. The van der Waals surface area contributed by atoms with Crippen LogP contribution in [0.25, 0.3) is 11.1 Å². The highest BCUT2D eigenvalue weighted by atomic mass is 19.1. The minimum Gasteiger partial charge on any atom is -0.368 e. The molecule has 0 aromatic heterocycles. The van der Waals surface area contributed by atoms with Crippen LogP contribution in [0, 0.1) is 23.0 Å². The Labute approximate surface area is 234 Å². The molecule has 1 fully saturated rings. The number of nitrogens with zero attached hydrogens (tertiary/aromatic N) is 3. The van der Waals surface area contributed by atoms with Gasteiger partial charge in [0.05, 0.1) is 17.3 Å². The molecule has 7 rings (SSSR count). The second kappa shape index (κ2) is 10.2. The van der Waals surface area contributed by atoms with Gasteiger partial charge in [0.2, 0.25) is 0 Å². The Morgan fingerprint density at radius 3 is 1.95 bits per heavy atom. The topological polar surface area (TPSA) is 30.3 Å². The zero-order valence-electron chi connectivity index (χ0n) is 22.5. The third-order valence-electron chi connectivity index (χ3n) is 9.06. The molecule has 1 saturated heterocycles. The van der Waals surface area contributed by atoms with Crippen molar-refractivity contribution in [1.29, 1.82) is 5.26 Å². The molecule has 40 heavy (non-hydrogen) atoms. The highest BCUT2D eigenvalue weighted by molar-refractivity contribution is 5.87. The van der Waals surface area contributed by atoms with Crippen LogP contribution in [0.15, 0.2) is 72.8 Å². The zero-order valence-corrected chi connectivity index (χ0v) is 22.5. The van der Waals surface area contributed by atoms with Crippen molar-refractivity contribution in [2.45, 2.75) is 38.1 Å². The summed E-state index contributed by atoms with van der Waals surface area (Å²) in [5, 5.41) is 10.4. The van der Waals surface area contributed by atoms with Crippen molar-refractivity contribution in [3.05, 3.63) is 123 Å². The van der Waals surface area contributed by atoms with E-state index in [1.807, 2.05) is 24.3 Å². The molecule has 3 aliphatic rings. The maximum atomic E-state index is 13.8. The number of hydrogen-bond donors (Lipinski definition) is 0. The molecule has 3 nitrogen and oxygen atoms in total. The Morgan fingerprint density at radius 2 is 1.30 bits per heavy atom. The van der Waals surface area contributed by atoms with Crippen molar-refractivity contribution in [3.8, 4) is 17.2 Å². The first kappa shape index (κ1) is 25.0. The summed E-state index contributed by atoms with van der Waals surface area (Å²) < 4.78 is 27.6. The lowest BCUT2D eigenvalue weighted by Crippen LogP contribution is -2.48. The minimum atomic E-state index is -0.265. The van der Waals surface area contributed by atoms with Crippen molar-refractivity contribution in [2.24, 2.45) is 0 Å². The van der Waals surface area contributed by atoms with E-state index in [0.717, 1.165) is 80.7 Å². The number of nitriles is 1. The summed E-state index contributed by atoms with van der Waals surface area (Å²) >= 11 is 0. The van der Waals surface area contributed by atoms with Crippen molar-refractivity contribution in [3.63, 3.8) is 0 Å². The molecule has 0 N–H and O–H groups in total. The van der Waals surface area contributed by atoms with Gasteiger partial charge in [0.25, 0.3) is 0 Å². The van der Waals surface area contributed by atoms with Crippen LogP contribution in [0.4, 0.5) is 14.5 Å². The lowest BCUT2D eigenvalue weighted by Gasteiger charge is -2.42. The smallest absolute Gasteiger partial charge is 0.123 e.